The molecule has 20 heavy (non-hydrogen) atoms. The molecule has 2 aromatic carbocycles. The Morgan fingerprint density at radius 3 is 2.75 bits per heavy atom. The number of aromatic nitrogens is 2. The maximum Gasteiger partial charge on any atom is 0.114 e. The quantitative estimate of drug-likeness (QED) is 0.732. The summed E-state index contributed by atoms with van der Waals surface area (Å²) in [6.07, 6.45) is 1.92. The highest BCUT2D eigenvalue weighted by molar-refractivity contribution is 5.76. The van der Waals surface area contributed by atoms with Gasteiger partial charge in [-0.1, -0.05) is 31.2 Å². The Hall–Kier alpha value is -2.29. The molecule has 1 aromatic heterocycles. The molecular weight excluding hydrogens is 246 g/mol. The summed E-state index contributed by atoms with van der Waals surface area (Å²) in [4.78, 5) is 4.78. The maximum absolute atomic E-state index is 5.86. The van der Waals surface area contributed by atoms with Crippen LogP contribution in [-0.4, -0.2) is 9.55 Å². The van der Waals surface area contributed by atoms with E-state index in [1.807, 2.05) is 24.3 Å². The van der Waals surface area contributed by atoms with Gasteiger partial charge in [0.15, 0.2) is 0 Å². The van der Waals surface area contributed by atoms with Crippen LogP contribution in [0.1, 0.15) is 24.7 Å². The van der Waals surface area contributed by atoms with Crippen LogP contribution in [0.15, 0.2) is 48.5 Å². The minimum Gasteiger partial charge on any atom is -0.399 e. The molecule has 1 heterocycles. The Morgan fingerprint density at radius 2 is 1.95 bits per heavy atom. The van der Waals surface area contributed by atoms with Gasteiger partial charge in [-0.3, -0.25) is 0 Å². The Morgan fingerprint density at radius 1 is 1.10 bits per heavy atom. The van der Waals surface area contributed by atoms with Crippen LogP contribution in [-0.2, 0) is 13.0 Å². The van der Waals surface area contributed by atoms with E-state index in [4.69, 9.17) is 10.7 Å². The molecule has 3 rings (SSSR count). The number of nitrogens with zero attached hydrogens (tertiary/aromatic N) is 2. The second kappa shape index (κ2) is 5.37. The fourth-order valence-electron chi connectivity index (χ4n) is 2.62. The number of nitrogen functional groups attached to an aromatic ring is 1. The van der Waals surface area contributed by atoms with Gasteiger partial charge in [0.2, 0.25) is 0 Å². The normalized spacial score (nSPS) is 11.1. The third-order valence-corrected chi connectivity index (χ3v) is 3.49. The first kappa shape index (κ1) is 12.7. The predicted octanol–water partition coefficient (Wildman–Crippen LogP) is 3.62. The van der Waals surface area contributed by atoms with Crippen molar-refractivity contribution in [3.63, 3.8) is 0 Å². The number of fused-ring (bicyclic) bond motifs is 1. The topological polar surface area (TPSA) is 43.8 Å². The molecule has 0 aliphatic carbocycles. The van der Waals surface area contributed by atoms with Crippen molar-refractivity contribution in [2.75, 3.05) is 5.73 Å². The smallest absolute Gasteiger partial charge is 0.114 e. The van der Waals surface area contributed by atoms with E-state index < -0.39 is 0 Å². The van der Waals surface area contributed by atoms with Crippen molar-refractivity contribution in [2.45, 2.75) is 26.3 Å². The lowest BCUT2D eigenvalue weighted by Crippen LogP contribution is -2.04. The van der Waals surface area contributed by atoms with E-state index in [9.17, 15) is 0 Å². The lowest BCUT2D eigenvalue weighted by atomic mass is 10.1. The molecule has 3 heteroatoms. The van der Waals surface area contributed by atoms with Crippen molar-refractivity contribution in [3.8, 4) is 0 Å². The van der Waals surface area contributed by atoms with Crippen LogP contribution in [0.3, 0.4) is 0 Å². The number of hydrogen-bond donors (Lipinski definition) is 1. The summed E-state index contributed by atoms with van der Waals surface area (Å²) in [5.41, 5.74) is 10.2. The molecular formula is C17H19N3. The van der Waals surface area contributed by atoms with Crippen LogP contribution in [0.5, 0.6) is 0 Å². The van der Waals surface area contributed by atoms with Crippen LogP contribution in [0.2, 0.25) is 0 Å². The van der Waals surface area contributed by atoms with E-state index in [1.165, 1.54) is 11.1 Å². The molecule has 0 bridgehead atoms. The predicted molar refractivity (Wildman–Crippen MR) is 83.7 cm³/mol. The van der Waals surface area contributed by atoms with Gasteiger partial charge in [-0.05, 0) is 36.2 Å². The number of para-hydroxylation sites is 2. The summed E-state index contributed by atoms with van der Waals surface area (Å²) in [7, 11) is 0. The molecule has 102 valence electrons. The van der Waals surface area contributed by atoms with Crippen LogP contribution in [0, 0.1) is 0 Å². The summed E-state index contributed by atoms with van der Waals surface area (Å²) in [5, 5.41) is 0. The molecule has 3 aromatic rings. The van der Waals surface area contributed by atoms with Gasteiger partial charge in [-0.15, -0.1) is 0 Å². The van der Waals surface area contributed by atoms with E-state index in [2.05, 4.69) is 35.8 Å². The number of anilines is 1. The first-order chi connectivity index (χ1) is 9.78. The minimum atomic E-state index is 0.806. The molecule has 2 N–H and O–H groups in total. The average molecular weight is 265 g/mol. The first-order valence-electron chi connectivity index (χ1n) is 7.06. The lowest BCUT2D eigenvalue weighted by molar-refractivity contribution is 0.664. The van der Waals surface area contributed by atoms with Gasteiger partial charge >= 0.3 is 0 Å². The van der Waals surface area contributed by atoms with Crippen LogP contribution < -0.4 is 5.73 Å². The molecule has 0 spiro atoms. The summed E-state index contributed by atoms with van der Waals surface area (Å²) < 4.78 is 2.32. The summed E-state index contributed by atoms with van der Waals surface area (Å²) in [6.45, 7) is 3.19. The SMILES string of the molecule is CCCn1c(Cc2cccc(N)c2)nc2ccccc21. The molecule has 0 saturated carbocycles. The molecule has 0 saturated heterocycles. The van der Waals surface area contributed by atoms with Crippen LogP contribution in [0.4, 0.5) is 5.69 Å². The zero-order valence-corrected chi connectivity index (χ0v) is 11.7. The molecule has 0 unspecified atom stereocenters. The van der Waals surface area contributed by atoms with E-state index in [0.29, 0.717) is 0 Å². The number of aryl methyl sites for hydroxylation is 1. The highest BCUT2D eigenvalue weighted by Gasteiger charge is 2.10. The van der Waals surface area contributed by atoms with E-state index in [0.717, 1.165) is 36.4 Å². The Bertz CT molecular complexity index is 728. The second-order valence-corrected chi connectivity index (χ2v) is 5.09. The number of nitrogens with two attached hydrogens (primary N) is 1. The maximum atomic E-state index is 5.86. The molecule has 3 nitrogen and oxygen atoms in total. The highest BCUT2D eigenvalue weighted by Crippen LogP contribution is 2.19. The number of imidazole rings is 1. The van der Waals surface area contributed by atoms with Crippen LogP contribution in [0.25, 0.3) is 11.0 Å². The first-order valence-corrected chi connectivity index (χ1v) is 7.06. The van der Waals surface area contributed by atoms with Crippen molar-refractivity contribution in [3.05, 3.63) is 59.9 Å². The van der Waals surface area contributed by atoms with E-state index in [-0.39, 0.29) is 0 Å². The average Bonchev–Trinajstić information content (AvgIpc) is 2.77. The standard InChI is InChI=1S/C17H19N3/c1-2-10-20-16-9-4-3-8-15(16)19-17(20)12-13-6-5-7-14(18)11-13/h3-9,11H,2,10,12,18H2,1H3. The third kappa shape index (κ3) is 2.39. The highest BCUT2D eigenvalue weighted by atomic mass is 15.1. The van der Waals surface area contributed by atoms with E-state index in [1.54, 1.807) is 0 Å². The number of rotatable bonds is 4. The Kier molecular flexibility index (Phi) is 3.42. The summed E-state index contributed by atoms with van der Waals surface area (Å²) >= 11 is 0. The van der Waals surface area contributed by atoms with Gasteiger partial charge in [-0.25, -0.2) is 4.98 Å². The zero-order chi connectivity index (χ0) is 13.9. The van der Waals surface area contributed by atoms with Crippen molar-refractivity contribution in [2.24, 2.45) is 0 Å². The van der Waals surface area contributed by atoms with Crippen LogP contribution >= 0.6 is 0 Å². The summed E-state index contributed by atoms with van der Waals surface area (Å²) in [6, 6.07) is 16.4. The Labute approximate surface area is 119 Å². The van der Waals surface area contributed by atoms with Gasteiger partial charge in [0, 0.05) is 18.7 Å². The molecule has 0 aliphatic rings. The van der Waals surface area contributed by atoms with Gasteiger partial charge in [-0.2, -0.15) is 0 Å². The zero-order valence-electron chi connectivity index (χ0n) is 11.7. The molecule has 0 fully saturated rings. The van der Waals surface area contributed by atoms with Crippen molar-refractivity contribution in [1.29, 1.82) is 0 Å². The molecule has 0 amide bonds. The fraction of sp³-hybridized carbons (Fsp3) is 0.235. The third-order valence-electron chi connectivity index (χ3n) is 3.49. The monoisotopic (exact) mass is 265 g/mol. The van der Waals surface area contributed by atoms with Crippen molar-refractivity contribution < 1.29 is 0 Å². The lowest BCUT2D eigenvalue weighted by Gasteiger charge is -2.08. The van der Waals surface area contributed by atoms with Gasteiger partial charge in [0.25, 0.3) is 0 Å². The molecule has 0 atom stereocenters. The van der Waals surface area contributed by atoms with Crippen molar-refractivity contribution >= 4 is 16.7 Å². The Balaban J connectivity index is 2.04. The number of benzene rings is 2. The van der Waals surface area contributed by atoms with Gasteiger partial charge in [0.05, 0.1) is 11.0 Å². The molecule has 0 radical (unpaired) electrons. The second-order valence-electron chi connectivity index (χ2n) is 5.09. The van der Waals surface area contributed by atoms with E-state index >= 15 is 0 Å². The summed E-state index contributed by atoms with van der Waals surface area (Å²) in [5.74, 6) is 1.11. The largest absolute Gasteiger partial charge is 0.399 e. The minimum absolute atomic E-state index is 0.806. The number of hydrogen-bond acceptors (Lipinski definition) is 2. The van der Waals surface area contributed by atoms with Crippen molar-refractivity contribution in [1.82, 2.24) is 9.55 Å². The van der Waals surface area contributed by atoms with Gasteiger partial charge in [0.1, 0.15) is 5.82 Å². The fourth-order valence-corrected chi connectivity index (χ4v) is 2.62. The molecule has 0 aliphatic heterocycles. The van der Waals surface area contributed by atoms with Gasteiger partial charge < -0.3 is 10.3 Å².